The molecule has 2 aromatic rings. The Bertz CT molecular complexity index is 624. The van der Waals surface area contributed by atoms with Gasteiger partial charge in [0.05, 0.1) is 0 Å². The van der Waals surface area contributed by atoms with Crippen LogP contribution in [0, 0.1) is 6.92 Å². The molecule has 2 rings (SSSR count). The van der Waals surface area contributed by atoms with Gasteiger partial charge in [0, 0.05) is 40.6 Å². The number of aryl methyl sites for hydroxylation is 1. The molecule has 2 heterocycles. The fraction of sp³-hybridized carbons (Fsp3) is 0.333. The summed E-state index contributed by atoms with van der Waals surface area (Å²) in [7, 11) is 0. The van der Waals surface area contributed by atoms with Crippen molar-refractivity contribution >= 4 is 43.2 Å². The van der Waals surface area contributed by atoms with Gasteiger partial charge in [-0.05, 0) is 44.8 Å². The summed E-state index contributed by atoms with van der Waals surface area (Å²) in [4.78, 5) is 17.3. The third-order valence-corrected chi connectivity index (χ3v) is 4.88. The third-order valence-electron chi connectivity index (χ3n) is 2.64. The maximum absolute atomic E-state index is 11.9. The van der Waals surface area contributed by atoms with Crippen molar-refractivity contribution in [2.75, 3.05) is 6.54 Å². The van der Waals surface area contributed by atoms with Crippen LogP contribution in [-0.2, 0) is 13.1 Å². The van der Waals surface area contributed by atoms with E-state index in [1.54, 1.807) is 22.1 Å². The maximum atomic E-state index is 11.9. The Morgan fingerprint density at radius 3 is 2.95 bits per heavy atom. The first-order chi connectivity index (χ1) is 9.08. The lowest BCUT2D eigenvalue weighted by atomic mass is 10.4. The van der Waals surface area contributed by atoms with Gasteiger partial charge in [-0.15, -0.1) is 11.3 Å². The third kappa shape index (κ3) is 3.98. The smallest absolute Gasteiger partial charge is 0.267 e. The summed E-state index contributed by atoms with van der Waals surface area (Å²) in [5.74, 6) is 0.730. The topological polar surface area (TPSA) is 46.9 Å². The van der Waals surface area contributed by atoms with Crippen molar-refractivity contribution in [3.05, 3.63) is 47.6 Å². The summed E-state index contributed by atoms with van der Waals surface area (Å²) < 4.78 is 3.28. The van der Waals surface area contributed by atoms with Crippen LogP contribution in [-0.4, -0.2) is 16.1 Å². The Morgan fingerprint density at radius 2 is 2.26 bits per heavy atom. The summed E-state index contributed by atoms with van der Waals surface area (Å²) in [5.41, 5.74) is -0.0341. The van der Waals surface area contributed by atoms with E-state index in [0.717, 1.165) is 23.4 Å². The molecule has 0 aliphatic heterocycles. The molecule has 19 heavy (non-hydrogen) atoms. The zero-order valence-corrected chi connectivity index (χ0v) is 14.3. The lowest BCUT2D eigenvalue weighted by molar-refractivity contribution is 0.566. The quantitative estimate of drug-likeness (QED) is 0.776. The van der Waals surface area contributed by atoms with Crippen molar-refractivity contribution in [2.45, 2.75) is 20.0 Å². The fourth-order valence-corrected chi connectivity index (χ4v) is 3.40. The molecule has 4 nitrogen and oxygen atoms in total. The second kappa shape index (κ2) is 6.78. The van der Waals surface area contributed by atoms with E-state index < -0.39 is 0 Å². The van der Waals surface area contributed by atoms with Gasteiger partial charge in [-0.3, -0.25) is 9.36 Å². The Balaban J connectivity index is 1.89. The van der Waals surface area contributed by atoms with Gasteiger partial charge in [-0.25, -0.2) is 4.98 Å². The highest BCUT2D eigenvalue weighted by Crippen LogP contribution is 2.19. The van der Waals surface area contributed by atoms with E-state index >= 15 is 0 Å². The van der Waals surface area contributed by atoms with E-state index in [0.29, 0.717) is 11.0 Å². The van der Waals surface area contributed by atoms with Gasteiger partial charge in [-0.1, -0.05) is 0 Å². The highest BCUT2D eigenvalue weighted by Gasteiger charge is 2.05. The minimum absolute atomic E-state index is 0.0341. The number of nitrogens with one attached hydrogen (secondary N) is 1. The molecule has 0 saturated heterocycles. The molecule has 0 amide bonds. The fourth-order valence-electron chi connectivity index (χ4n) is 1.66. The predicted octanol–water partition coefficient (Wildman–Crippen LogP) is 2.93. The SMILES string of the molecule is Cc1ncc(Br)c(=O)n1CCNCc1cc(Br)cs1. The van der Waals surface area contributed by atoms with E-state index in [-0.39, 0.29) is 5.56 Å². The average Bonchev–Trinajstić information content (AvgIpc) is 2.79. The number of aromatic nitrogens is 2. The second-order valence-electron chi connectivity index (χ2n) is 4.02. The molecule has 0 fully saturated rings. The first-order valence-electron chi connectivity index (χ1n) is 5.73. The van der Waals surface area contributed by atoms with Crippen molar-refractivity contribution in [3.8, 4) is 0 Å². The molecule has 2 aromatic heterocycles. The molecule has 102 valence electrons. The van der Waals surface area contributed by atoms with Crippen LogP contribution in [0.1, 0.15) is 10.7 Å². The van der Waals surface area contributed by atoms with Crippen molar-refractivity contribution in [1.29, 1.82) is 0 Å². The molecule has 0 unspecified atom stereocenters. The lowest BCUT2D eigenvalue weighted by Crippen LogP contribution is -2.29. The maximum Gasteiger partial charge on any atom is 0.267 e. The van der Waals surface area contributed by atoms with Crippen LogP contribution < -0.4 is 10.9 Å². The standard InChI is InChI=1S/C12H13Br2N3OS/c1-8-16-6-11(14)12(18)17(8)3-2-15-5-10-4-9(13)7-19-10/h4,6-7,15H,2-3,5H2,1H3. The van der Waals surface area contributed by atoms with Crippen molar-refractivity contribution in [3.63, 3.8) is 0 Å². The minimum atomic E-state index is -0.0341. The molecule has 0 bridgehead atoms. The van der Waals surface area contributed by atoms with Gasteiger partial charge in [0.1, 0.15) is 10.3 Å². The van der Waals surface area contributed by atoms with E-state index in [2.05, 4.69) is 53.6 Å². The lowest BCUT2D eigenvalue weighted by Gasteiger charge is -2.09. The van der Waals surface area contributed by atoms with Crippen LogP contribution in [0.3, 0.4) is 0 Å². The Labute approximate surface area is 132 Å². The van der Waals surface area contributed by atoms with Crippen LogP contribution in [0.25, 0.3) is 0 Å². The number of hydrogen-bond donors (Lipinski definition) is 1. The van der Waals surface area contributed by atoms with E-state index in [9.17, 15) is 4.79 Å². The first kappa shape index (κ1) is 14.9. The number of hydrogen-bond acceptors (Lipinski definition) is 4. The van der Waals surface area contributed by atoms with E-state index in [1.165, 1.54) is 4.88 Å². The van der Waals surface area contributed by atoms with Crippen LogP contribution in [0.2, 0.25) is 0 Å². The highest BCUT2D eigenvalue weighted by molar-refractivity contribution is 9.10. The molecule has 0 atom stereocenters. The molecule has 0 aromatic carbocycles. The summed E-state index contributed by atoms with van der Waals surface area (Å²) in [5, 5.41) is 5.38. The zero-order chi connectivity index (χ0) is 13.8. The number of halogens is 2. The second-order valence-corrected chi connectivity index (χ2v) is 6.78. The molecule has 0 aliphatic carbocycles. The molecule has 1 N–H and O–H groups in total. The molecule has 0 radical (unpaired) electrons. The average molecular weight is 407 g/mol. The number of thiophene rings is 1. The summed E-state index contributed by atoms with van der Waals surface area (Å²) in [6, 6.07) is 2.09. The van der Waals surface area contributed by atoms with Crippen molar-refractivity contribution < 1.29 is 0 Å². The van der Waals surface area contributed by atoms with Gasteiger partial charge in [0.15, 0.2) is 0 Å². The van der Waals surface area contributed by atoms with Gasteiger partial charge < -0.3 is 5.32 Å². The molecule has 7 heteroatoms. The van der Waals surface area contributed by atoms with Gasteiger partial charge in [0.25, 0.3) is 5.56 Å². The van der Waals surface area contributed by atoms with Crippen LogP contribution in [0.4, 0.5) is 0 Å². The minimum Gasteiger partial charge on any atom is -0.310 e. The number of rotatable bonds is 5. The van der Waals surface area contributed by atoms with Crippen LogP contribution in [0.5, 0.6) is 0 Å². The Morgan fingerprint density at radius 1 is 1.47 bits per heavy atom. The van der Waals surface area contributed by atoms with Gasteiger partial charge >= 0.3 is 0 Å². The molecule has 0 saturated carbocycles. The zero-order valence-electron chi connectivity index (χ0n) is 10.3. The van der Waals surface area contributed by atoms with E-state index in [4.69, 9.17) is 0 Å². The largest absolute Gasteiger partial charge is 0.310 e. The van der Waals surface area contributed by atoms with Crippen LogP contribution in [0.15, 0.2) is 31.4 Å². The normalized spacial score (nSPS) is 10.9. The Kier molecular flexibility index (Phi) is 5.32. The molecule has 0 spiro atoms. The summed E-state index contributed by atoms with van der Waals surface area (Å²) in [6.45, 7) is 3.99. The molecule has 0 aliphatic rings. The molecular weight excluding hydrogens is 394 g/mol. The Hall–Kier alpha value is -0.500. The van der Waals surface area contributed by atoms with Gasteiger partial charge in [-0.2, -0.15) is 0 Å². The highest BCUT2D eigenvalue weighted by atomic mass is 79.9. The van der Waals surface area contributed by atoms with E-state index in [1.807, 2.05) is 6.92 Å². The molecular formula is C12H13Br2N3OS. The first-order valence-corrected chi connectivity index (χ1v) is 8.20. The van der Waals surface area contributed by atoms with Gasteiger partial charge in [0.2, 0.25) is 0 Å². The monoisotopic (exact) mass is 405 g/mol. The van der Waals surface area contributed by atoms with Crippen molar-refractivity contribution in [1.82, 2.24) is 14.9 Å². The van der Waals surface area contributed by atoms with Crippen molar-refractivity contribution in [2.24, 2.45) is 0 Å². The van der Waals surface area contributed by atoms with Crippen LogP contribution >= 0.6 is 43.2 Å². The predicted molar refractivity (Wildman–Crippen MR) is 84.7 cm³/mol. The summed E-state index contributed by atoms with van der Waals surface area (Å²) in [6.07, 6.45) is 1.55. The number of nitrogens with zero attached hydrogens (tertiary/aromatic N) is 2. The summed E-state index contributed by atoms with van der Waals surface area (Å²) >= 11 is 8.34.